The second-order valence-corrected chi connectivity index (χ2v) is 5.93. The Bertz CT molecular complexity index is 776. The van der Waals surface area contributed by atoms with E-state index >= 15 is 0 Å². The van der Waals surface area contributed by atoms with Crippen molar-refractivity contribution in [2.75, 3.05) is 16.8 Å². The van der Waals surface area contributed by atoms with Crippen LogP contribution >= 0.6 is 0 Å². The average molecular weight is 341 g/mol. The lowest BCUT2D eigenvalue weighted by atomic mass is 10.1. The Morgan fingerprint density at radius 3 is 2.64 bits per heavy atom. The first kappa shape index (κ1) is 16.9. The summed E-state index contributed by atoms with van der Waals surface area (Å²) in [5.74, 6) is -0.142. The summed E-state index contributed by atoms with van der Waals surface area (Å²) in [6.07, 6.45) is 1.58. The van der Waals surface area contributed by atoms with Crippen molar-refractivity contribution < 1.29 is 14.8 Å². The number of nitro groups is 1. The molecule has 25 heavy (non-hydrogen) atoms. The van der Waals surface area contributed by atoms with Gasteiger partial charge >= 0.3 is 0 Å². The third kappa shape index (κ3) is 3.61. The van der Waals surface area contributed by atoms with Crippen LogP contribution in [0, 0.1) is 10.1 Å². The van der Waals surface area contributed by atoms with E-state index in [1.165, 1.54) is 12.1 Å². The zero-order chi connectivity index (χ0) is 17.8. The lowest BCUT2D eigenvalue weighted by molar-refractivity contribution is -0.384. The number of aliphatic hydroxyl groups excluding tert-OH is 1. The number of carbonyl (C=O) groups excluding carboxylic acids is 1. The van der Waals surface area contributed by atoms with E-state index in [9.17, 15) is 20.0 Å². The summed E-state index contributed by atoms with van der Waals surface area (Å²) < 4.78 is 0. The lowest BCUT2D eigenvalue weighted by Crippen LogP contribution is -2.39. The molecule has 2 aromatic carbocycles. The van der Waals surface area contributed by atoms with Crippen LogP contribution in [0.3, 0.4) is 0 Å². The Morgan fingerprint density at radius 2 is 1.96 bits per heavy atom. The van der Waals surface area contributed by atoms with Crippen molar-refractivity contribution in [1.82, 2.24) is 0 Å². The Morgan fingerprint density at radius 1 is 1.24 bits per heavy atom. The second kappa shape index (κ2) is 7.31. The number of non-ortho nitro benzene ring substituents is 1. The summed E-state index contributed by atoms with van der Waals surface area (Å²) >= 11 is 0. The number of para-hydroxylation sites is 1. The normalized spacial score (nSPS) is 16.7. The average Bonchev–Trinajstić information content (AvgIpc) is 3.12. The number of anilines is 2. The number of amides is 1. The van der Waals surface area contributed by atoms with Crippen LogP contribution in [0.5, 0.6) is 0 Å². The summed E-state index contributed by atoms with van der Waals surface area (Å²) in [6.45, 7) is 0.574. The van der Waals surface area contributed by atoms with E-state index < -0.39 is 4.92 Å². The monoisotopic (exact) mass is 341 g/mol. The maximum atomic E-state index is 12.7. The molecule has 1 atom stereocenters. The van der Waals surface area contributed by atoms with E-state index in [1.807, 2.05) is 4.90 Å². The molecular weight excluding hydrogens is 322 g/mol. The van der Waals surface area contributed by atoms with Gasteiger partial charge in [-0.25, -0.2) is 0 Å². The first-order valence-corrected chi connectivity index (χ1v) is 8.11. The predicted octanol–water partition coefficient (Wildman–Crippen LogP) is 2.69. The highest BCUT2D eigenvalue weighted by molar-refractivity contribution is 5.97. The van der Waals surface area contributed by atoms with E-state index in [1.54, 1.807) is 36.4 Å². The number of nitro benzene ring substituents is 1. The third-order valence-electron chi connectivity index (χ3n) is 4.39. The molecule has 0 aliphatic carbocycles. The van der Waals surface area contributed by atoms with E-state index in [0.29, 0.717) is 17.7 Å². The molecular formula is C18H19N3O4. The minimum Gasteiger partial charge on any atom is -0.392 e. The molecule has 1 heterocycles. The molecule has 2 N–H and O–H groups in total. The molecule has 130 valence electrons. The van der Waals surface area contributed by atoms with Crippen LogP contribution in [0.15, 0.2) is 48.5 Å². The summed E-state index contributed by atoms with van der Waals surface area (Å²) in [5, 5.41) is 23.0. The van der Waals surface area contributed by atoms with Crippen LogP contribution in [0.25, 0.3) is 0 Å². The number of benzene rings is 2. The minimum atomic E-state index is -0.441. The molecule has 1 fully saturated rings. The molecule has 1 saturated heterocycles. The lowest BCUT2D eigenvalue weighted by Gasteiger charge is -2.26. The van der Waals surface area contributed by atoms with Crippen LogP contribution < -0.4 is 10.2 Å². The predicted molar refractivity (Wildman–Crippen MR) is 94.5 cm³/mol. The maximum absolute atomic E-state index is 12.7. The molecule has 0 bridgehead atoms. The molecule has 2 aromatic rings. The zero-order valence-corrected chi connectivity index (χ0v) is 13.6. The van der Waals surface area contributed by atoms with Crippen LogP contribution in [-0.2, 0) is 11.4 Å². The van der Waals surface area contributed by atoms with E-state index in [0.717, 1.165) is 18.7 Å². The number of hydrogen-bond acceptors (Lipinski definition) is 5. The van der Waals surface area contributed by atoms with E-state index in [4.69, 9.17) is 0 Å². The minimum absolute atomic E-state index is 0.0285. The molecule has 0 aromatic heterocycles. The topological polar surface area (TPSA) is 95.7 Å². The molecule has 7 nitrogen and oxygen atoms in total. The van der Waals surface area contributed by atoms with Gasteiger partial charge in [0.2, 0.25) is 5.91 Å². The molecule has 1 amide bonds. The van der Waals surface area contributed by atoms with Crippen molar-refractivity contribution in [1.29, 1.82) is 0 Å². The molecule has 1 unspecified atom stereocenters. The standard InChI is InChI=1S/C18H19N3O4/c22-12-13-4-1-2-5-16(13)19-18(23)17-6-3-11-20(17)14-7-9-15(10-8-14)21(24)25/h1-2,4-5,7-10,17,22H,3,6,11-12H2,(H,19,23). The number of nitrogens with zero attached hydrogens (tertiary/aromatic N) is 2. The van der Waals surface area contributed by atoms with Crippen LogP contribution in [-0.4, -0.2) is 28.5 Å². The molecule has 0 spiro atoms. The zero-order valence-electron chi connectivity index (χ0n) is 13.6. The molecule has 1 aliphatic rings. The van der Waals surface area contributed by atoms with Gasteiger partial charge in [-0.15, -0.1) is 0 Å². The van der Waals surface area contributed by atoms with Crippen molar-refractivity contribution in [2.24, 2.45) is 0 Å². The third-order valence-corrected chi connectivity index (χ3v) is 4.39. The number of nitrogens with one attached hydrogen (secondary N) is 1. The van der Waals surface area contributed by atoms with Gasteiger partial charge in [0.1, 0.15) is 6.04 Å². The number of rotatable bonds is 5. The molecule has 0 radical (unpaired) electrons. The molecule has 7 heteroatoms. The summed E-state index contributed by atoms with van der Waals surface area (Å²) in [7, 11) is 0. The van der Waals surface area contributed by atoms with Gasteiger partial charge in [-0.05, 0) is 31.0 Å². The van der Waals surface area contributed by atoms with Gasteiger partial charge in [0.25, 0.3) is 5.69 Å². The van der Waals surface area contributed by atoms with Gasteiger partial charge in [0.05, 0.1) is 11.5 Å². The van der Waals surface area contributed by atoms with Crippen molar-refractivity contribution in [3.05, 3.63) is 64.2 Å². The van der Waals surface area contributed by atoms with Crippen molar-refractivity contribution in [3.8, 4) is 0 Å². The van der Waals surface area contributed by atoms with Crippen molar-refractivity contribution in [3.63, 3.8) is 0 Å². The van der Waals surface area contributed by atoms with Crippen LogP contribution in [0.2, 0.25) is 0 Å². The van der Waals surface area contributed by atoms with Gasteiger partial charge in [0.15, 0.2) is 0 Å². The number of aliphatic hydroxyl groups is 1. The largest absolute Gasteiger partial charge is 0.392 e. The quantitative estimate of drug-likeness (QED) is 0.644. The van der Waals surface area contributed by atoms with Gasteiger partial charge in [0, 0.05) is 35.6 Å². The van der Waals surface area contributed by atoms with Gasteiger partial charge in [-0.1, -0.05) is 18.2 Å². The van der Waals surface area contributed by atoms with Gasteiger partial charge < -0.3 is 15.3 Å². The SMILES string of the molecule is O=C(Nc1ccccc1CO)C1CCCN1c1ccc([N+](=O)[O-])cc1. The highest BCUT2D eigenvalue weighted by atomic mass is 16.6. The Balaban J connectivity index is 1.76. The fourth-order valence-corrected chi connectivity index (χ4v) is 3.11. The van der Waals surface area contributed by atoms with E-state index in [2.05, 4.69) is 5.32 Å². The maximum Gasteiger partial charge on any atom is 0.269 e. The van der Waals surface area contributed by atoms with Crippen LogP contribution in [0.4, 0.5) is 17.1 Å². The van der Waals surface area contributed by atoms with Crippen LogP contribution in [0.1, 0.15) is 18.4 Å². The molecule has 1 aliphatic heterocycles. The van der Waals surface area contributed by atoms with E-state index in [-0.39, 0.29) is 24.2 Å². The molecule has 0 saturated carbocycles. The first-order chi connectivity index (χ1) is 12.1. The van der Waals surface area contributed by atoms with Gasteiger partial charge in [-0.2, -0.15) is 0 Å². The first-order valence-electron chi connectivity index (χ1n) is 8.11. The summed E-state index contributed by atoms with van der Waals surface area (Å²) in [6, 6.07) is 13.0. The molecule has 3 rings (SSSR count). The highest BCUT2D eigenvalue weighted by Crippen LogP contribution is 2.28. The highest BCUT2D eigenvalue weighted by Gasteiger charge is 2.31. The Kier molecular flexibility index (Phi) is 4.95. The number of hydrogen-bond donors (Lipinski definition) is 2. The van der Waals surface area contributed by atoms with Crippen molar-refractivity contribution >= 4 is 23.0 Å². The summed E-state index contributed by atoms with van der Waals surface area (Å²) in [4.78, 5) is 25.0. The Labute approximate surface area is 145 Å². The van der Waals surface area contributed by atoms with Gasteiger partial charge in [-0.3, -0.25) is 14.9 Å². The fraction of sp³-hybridized carbons (Fsp3) is 0.278. The van der Waals surface area contributed by atoms with Crippen molar-refractivity contribution in [2.45, 2.75) is 25.5 Å². The number of carbonyl (C=O) groups is 1. The summed E-state index contributed by atoms with van der Waals surface area (Å²) in [5.41, 5.74) is 2.08. The fourth-order valence-electron chi connectivity index (χ4n) is 3.11. The Hall–Kier alpha value is -2.93. The smallest absolute Gasteiger partial charge is 0.269 e. The second-order valence-electron chi connectivity index (χ2n) is 5.93.